The summed E-state index contributed by atoms with van der Waals surface area (Å²) >= 11 is 0. The molecule has 37 heavy (non-hydrogen) atoms. The van der Waals surface area contributed by atoms with Crippen molar-refractivity contribution in [1.82, 2.24) is 10.2 Å². The third kappa shape index (κ3) is 4.00. The molecule has 1 aromatic carbocycles. The molecule has 0 unspecified atom stereocenters. The second-order valence-corrected chi connectivity index (χ2v) is 12.8. The topological polar surface area (TPSA) is 99.1 Å². The Morgan fingerprint density at radius 1 is 1.05 bits per heavy atom. The molecule has 7 nitrogen and oxygen atoms in total. The first-order valence-corrected chi connectivity index (χ1v) is 14.3. The number of amides is 2. The fraction of sp³-hybridized carbons (Fsp3) is 0.667. The molecular formula is C30H38N2O5. The molecule has 1 aliphatic heterocycles. The zero-order valence-corrected chi connectivity index (χ0v) is 21.4. The first-order chi connectivity index (χ1) is 17.9. The van der Waals surface area contributed by atoms with Crippen LogP contribution in [0.5, 0.6) is 5.75 Å². The summed E-state index contributed by atoms with van der Waals surface area (Å²) in [5, 5.41) is 23.9. The average molecular weight is 507 g/mol. The number of fused-ring (bicyclic) bond motifs is 3. The Labute approximate surface area is 218 Å². The second-order valence-electron chi connectivity index (χ2n) is 12.8. The molecule has 3 N–H and O–H groups in total. The predicted molar refractivity (Wildman–Crippen MR) is 137 cm³/mol. The average Bonchev–Trinajstić information content (AvgIpc) is 3.65. The van der Waals surface area contributed by atoms with Crippen LogP contribution in [-0.2, 0) is 9.59 Å². The van der Waals surface area contributed by atoms with E-state index in [2.05, 4.69) is 5.32 Å². The Hall–Kier alpha value is -2.38. The number of carbonyl (C=O) groups is 2. The van der Waals surface area contributed by atoms with E-state index >= 15 is 0 Å². The quantitative estimate of drug-likeness (QED) is 0.528. The fourth-order valence-corrected chi connectivity index (χ4v) is 8.93. The van der Waals surface area contributed by atoms with Crippen molar-refractivity contribution in [3.05, 3.63) is 41.5 Å². The number of carbonyl (C=O) groups excluding carboxylic acids is 2. The van der Waals surface area contributed by atoms with Gasteiger partial charge in [-0.2, -0.15) is 0 Å². The molecule has 6 aliphatic carbocycles. The lowest BCUT2D eigenvalue weighted by molar-refractivity contribution is -0.146. The standard InChI is InChI=1S/C30H38N2O5/c33-8-7-31-28(35)22-12-23(26(34)27-25(22)21-3-1-2-4-24(21)37-27)32(29(36)20-5-6-20)16-30-13-17-9-18(14-30)11-19(10-17)15-30/h1-4,12,17-20,23,25-27,33-34H,5-11,13-16H2,(H,31,35)/t17?,18?,19?,23-,25+,26+,27+,30?/m1/s1. The van der Waals surface area contributed by atoms with E-state index < -0.39 is 24.2 Å². The van der Waals surface area contributed by atoms with Crippen molar-refractivity contribution in [2.45, 2.75) is 75.5 Å². The number of nitrogens with zero attached hydrogens (tertiary/aromatic N) is 1. The van der Waals surface area contributed by atoms with Crippen LogP contribution < -0.4 is 10.1 Å². The normalized spacial score (nSPS) is 38.9. The van der Waals surface area contributed by atoms with Gasteiger partial charge in [-0.25, -0.2) is 0 Å². The maximum Gasteiger partial charge on any atom is 0.247 e. The van der Waals surface area contributed by atoms with Gasteiger partial charge < -0.3 is 25.2 Å². The molecule has 7 aliphatic rings. The Morgan fingerprint density at radius 3 is 2.38 bits per heavy atom. The minimum absolute atomic E-state index is 0.0283. The molecule has 0 saturated heterocycles. The Morgan fingerprint density at radius 2 is 1.73 bits per heavy atom. The third-order valence-electron chi connectivity index (χ3n) is 10.1. The Kier molecular flexibility index (Phi) is 5.67. The minimum Gasteiger partial charge on any atom is -0.486 e. The minimum atomic E-state index is -0.927. The predicted octanol–water partition coefficient (Wildman–Crippen LogP) is 2.76. The summed E-state index contributed by atoms with van der Waals surface area (Å²) in [4.78, 5) is 29.2. The zero-order chi connectivity index (χ0) is 25.3. The van der Waals surface area contributed by atoms with Gasteiger partial charge in [0.15, 0.2) is 0 Å². The smallest absolute Gasteiger partial charge is 0.247 e. The Bertz CT molecular complexity index is 1090. The largest absolute Gasteiger partial charge is 0.486 e. The van der Waals surface area contributed by atoms with Gasteiger partial charge in [0, 0.05) is 30.1 Å². The van der Waals surface area contributed by atoms with E-state index in [9.17, 15) is 19.8 Å². The van der Waals surface area contributed by atoms with Crippen LogP contribution in [0.4, 0.5) is 0 Å². The van der Waals surface area contributed by atoms with Gasteiger partial charge in [-0.05, 0) is 86.7 Å². The van der Waals surface area contributed by atoms with Crippen LogP contribution in [-0.4, -0.2) is 64.9 Å². The van der Waals surface area contributed by atoms with E-state index in [1.807, 2.05) is 35.2 Å². The molecule has 5 saturated carbocycles. The van der Waals surface area contributed by atoms with Crippen molar-refractivity contribution in [3.63, 3.8) is 0 Å². The van der Waals surface area contributed by atoms with Gasteiger partial charge in [-0.3, -0.25) is 9.59 Å². The molecule has 2 amide bonds. The van der Waals surface area contributed by atoms with Crippen LogP contribution in [0.25, 0.3) is 0 Å². The van der Waals surface area contributed by atoms with Crippen molar-refractivity contribution in [3.8, 4) is 5.75 Å². The molecule has 4 bridgehead atoms. The van der Waals surface area contributed by atoms with Crippen molar-refractivity contribution < 1.29 is 24.5 Å². The zero-order valence-electron chi connectivity index (χ0n) is 21.4. The van der Waals surface area contributed by atoms with Crippen molar-refractivity contribution in [2.24, 2.45) is 29.1 Å². The molecule has 4 atom stereocenters. The molecule has 0 radical (unpaired) electrons. The third-order valence-corrected chi connectivity index (χ3v) is 10.1. The van der Waals surface area contributed by atoms with Crippen LogP contribution in [0, 0.1) is 29.1 Å². The highest BCUT2D eigenvalue weighted by Gasteiger charge is 2.55. The van der Waals surface area contributed by atoms with Crippen LogP contribution in [0.2, 0.25) is 0 Å². The van der Waals surface area contributed by atoms with E-state index in [0.29, 0.717) is 17.9 Å². The molecule has 7 heteroatoms. The highest BCUT2D eigenvalue weighted by Crippen LogP contribution is 2.60. The maximum absolute atomic E-state index is 13.8. The molecular weight excluding hydrogens is 468 g/mol. The second kappa shape index (κ2) is 8.84. The molecule has 1 heterocycles. The van der Waals surface area contributed by atoms with Crippen molar-refractivity contribution >= 4 is 11.8 Å². The first kappa shape index (κ1) is 23.7. The van der Waals surface area contributed by atoms with Crippen molar-refractivity contribution in [2.75, 3.05) is 19.7 Å². The van der Waals surface area contributed by atoms with Gasteiger partial charge >= 0.3 is 0 Å². The number of nitrogens with one attached hydrogen (secondary N) is 1. The van der Waals surface area contributed by atoms with Gasteiger partial charge in [0.25, 0.3) is 0 Å². The SMILES string of the molecule is O=C(NCCO)C1=C[C@@H](N(CC23CC4CC(CC(C4)C2)C3)C(=O)C2CC2)[C@H](O)[C@H]2Oc3ccccc3[C@@H]12. The number of hydrogen-bond donors (Lipinski definition) is 3. The molecule has 198 valence electrons. The highest BCUT2D eigenvalue weighted by molar-refractivity contribution is 5.96. The number of aliphatic hydroxyl groups is 2. The van der Waals surface area contributed by atoms with Gasteiger partial charge in [0.1, 0.15) is 18.0 Å². The van der Waals surface area contributed by atoms with Gasteiger partial charge in [0.2, 0.25) is 11.8 Å². The summed E-state index contributed by atoms with van der Waals surface area (Å²) in [6.45, 7) is 0.672. The number of rotatable bonds is 7. The number of para-hydroxylation sites is 1. The molecule has 8 rings (SSSR count). The lowest BCUT2D eigenvalue weighted by Crippen LogP contribution is -2.60. The number of benzene rings is 1. The Balaban J connectivity index is 1.26. The summed E-state index contributed by atoms with van der Waals surface area (Å²) < 4.78 is 6.28. The molecule has 0 aromatic heterocycles. The van der Waals surface area contributed by atoms with Gasteiger partial charge in [0.05, 0.1) is 18.6 Å². The fourth-order valence-electron chi connectivity index (χ4n) is 8.93. The lowest BCUT2D eigenvalue weighted by atomic mass is 9.49. The summed E-state index contributed by atoms with van der Waals surface area (Å²) in [5.41, 5.74) is 1.54. The van der Waals surface area contributed by atoms with Crippen LogP contribution >= 0.6 is 0 Å². The van der Waals surface area contributed by atoms with E-state index in [4.69, 9.17) is 4.74 Å². The molecule has 0 spiro atoms. The van der Waals surface area contributed by atoms with Crippen LogP contribution in [0.15, 0.2) is 35.9 Å². The molecule has 1 aromatic rings. The van der Waals surface area contributed by atoms with Crippen LogP contribution in [0.3, 0.4) is 0 Å². The van der Waals surface area contributed by atoms with Crippen LogP contribution in [0.1, 0.15) is 62.8 Å². The van der Waals surface area contributed by atoms with Gasteiger partial charge in [-0.1, -0.05) is 18.2 Å². The summed E-state index contributed by atoms with van der Waals surface area (Å²) in [6.07, 6.45) is 9.66. The van der Waals surface area contributed by atoms with Gasteiger partial charge in [-0.15, -0.1) is 0 Å². The van der Waals surface area contributed by atoms with E-state index in [1.54, 1.807) is 0 Å². The maximum atomic E-state index is 13.8. The molecule has 5 fully saturated rings. The first-order valence-electron chi connectivity index (χ1n) is 14.3. The number of aliphatic hydroxyl groups excluding tert-OH is 2. The highest BCUT2D eigenvalue weighted by atomic mass is 16.5. The summed E-state index contributed by atoms with van der Waals surface area (Å²) in [7, 11) is 0. The van der Waals surface area contributed by atoms with E-state index in [-0.39, 0.29) is 36.3 Å². The lowest BCUT2D eigenvalue weighted by Gasteiger charge is -2.58. The number of ether oxygens (including phenoxy) is 1. The monoisotopic (exact) mass is 506 g/mol. The van der Waals surface area contributed by atoms with E-state index in [0.717, 1.165) is 36.2 Å². The van der Waals surface area contributed by atoms with E-state index in [1.165, 1.54) is 38.5 Å². The summed E-state index contributed by atoms with van der Waals surface area (Å²) in [5.74, 6) is 2.47. The summed E-state index contributed by atoms with van der Waals surface area (Å²) in [6, 6.07) is 7.03. The van der Waals surface area contributed by atoms with Crippen molar-refractivity contribution in [1.29, 1.82) is 0 Å². The number of hydrogen-bond acceptors (Lipinski definition) is 5.